The van der Waals surface area contributed by atoms with E-state index in [0.29, 0.717) is 0 Å². The Hall–Kier alpha value is -0.320. The van der Waals surface area contributed by atoms with Gasteiger partial charge in [-0.25, -0.2) is 0 Å². The summed E-state index contributed by atoms with van der Waals surface area (Å²) in [5.74, 6) is 0.117. The van der Waals surface area contributed by atoms with E-state index < -0.39 is 0 Å². The minimum Gasteiger partial charge on any atom is -0.384 e. The van der Waals surface area contributed by atoms with E-state index >= 15 is 0 Å². The van der Waals surface area contributed by atoms with Crippen molar-refractivity contribution in [3.8, 4) is 0 Å². The number of carbonyl (C=O) groups is 1. The fraction of sp³-hybridized carbons (Fsp3) is 0.923. The number of methoxy groups -OCH3 is 1. The molecule has 2 N–H and O–H groups in total. The predicted octanol–water partition coefficient (Wildman–Crippen LogP) is 1.59. The average molecular weight is 279 g/mol. The van der Waals surface area contributed by atoms with Crippen molar-refractivity contribution in [1.82, 2.24) is 10.6 Å². The van der Waals surface area contributed by atoms with Crippen LogP contribution in [-0.2, 0) is 9.53 Å². The number of ether oxygens (including phenoxy) is 1. The van der Waals surface area contributed by atoms with Crippen molar-refractivity contribution in [3.63, 3.8) is 0 Å². The molecule has 0 aromatic heterocycles. The number of hydrogen-bond donors (Lipinski definition) is 2. The highest BCUT2D eigenvalue weighted by molar-refractivity contribution is 5.85. The molecule has 0 aliphatic carbocycles. The molecule has 5 heteroatoms. The number of hydrogen-bond acceptors (Lipinski definition) is 3. The minimum atomic E-state index is -0.318. The highest BCUT2D eigenvalue weighted by Gasteiger charge is 2.33. The number of amides is 1. The van der Waals surface area contributed by atoms with Crippen molar-refractivity contribution in [2.75, 3.05) is 33.4 Å². The SMILES string of the molecule is COCC1(CNC(=O)C(C)(C)C)CCNCC1.Cl. The van der Waals surface area contributed by atoms with Crippen molar-refractivity contribution in [1.29, 1.82) is 0 Å². The molecule has 1 rings (SSSR count). The first kappa shape index (κ1) is 17.7. The third-order valence-corrected chi connectivity index (χ3v) is 3.42. The van der Waals surface area contributed by atoms with Crippen molar-refractivity contribution in [3.05, 3.63) is 0 Å². The van der Waals surface area contributed by atoms with Gasteiger partial charge in [-0.15, -0.1) is 12.4 Å². The molecule has 0 unspecified atom stereocenters. The molecule has 1 aliphatic rings. The van der Waals surface area contributed by atoms with Crippen molar-refractivity contribution < 1.29 is 9.53 Å². The molecule has 0 aromatic rings. The first-order valence-electron chi connectivity index (χ1n) is 6.38. The molecule has 1 fully saturated rings. The van der Waals surface area contributed by atoms with E-state index in [-0.39, 0.29) is 29.1 Å². The number of piperidine rings is 1. The number of nitrogens with one attached hydrogen (secondary N) is 2. The summed E-state index contributed by atoms with van der Waals surface area (Å²) in [7, 11) is 1.73. The van der Waals surface area contributed by atoms with Crippen molar-refractivity contribution in [2.45, 2.75) is 33.6 Å². The monoisotopic (exact) mass is 278 g/mol. The molecule has 1 aliphatic heterocycles. The lowest BCUT2D eigenvalue weighted by Crippen LogP contribution is -2.49. The fourth-order valence-corrected chi connectivity index (χ4v) is 2.17. The summed E-state index contributed by atoms with van der Waals surface area (Å²) in [4.78, 5) is 11.9. The molecule has 4 nitrogen and oxygen atoms in total. The largest absolute Gasteiger partial charge is 0.384 e. The van der Waals surface area contributed by atoms with Crippen LogP contribution in [0.5, 0.6) is 0 Å². The van der Waals surface area contributed by atoms with Crippen LogP contribution >= 0.6 is 12.4 Å². The highest BCUT2D eigenvalue weighted by Crippen LogP contribution is 2.28. The summed E-state index contributed by atoms with van der Waals surface area (Å²) in [5.41, 5.74) is -0.206. The average Bonchev–Trinajstić information content (AvgIpc) is 2.26. The molecular weight excluding hydrogens is 252 g/mol. The minimum absolute atomic E-state index is 0. The molecule has 1 heterocycles. The summed E-state index contributed by atoms with van der Waals surface area (Å²) >= 11 is 0. The molecule has 0 saturated carbocycles. The van der Waals surface area contributed by atoms with Gasteiger partial charge in [-0.2, -0.15) is 0 Å². The third kappa shape index (κ3) is 5.12. The van der Waals surface area contributed by atoms with Crippen LogP contribution in [0.3, 0.4) is 0 Å². The van der Waals surface area contributed by atoms with E-state index in [1.807, 2.05) is 20.8 Å². The summed E-state index contributed by atoms with van der Waals surface area (Å²) in [5, 5.41) is 6.42. The lowest BCUT2D eigenvalue weighted by molar-refractivity contribution is -0.129. The lowest BCUT2D eigenvalue weighted by Gasteiger charge is -2.37. The Morgan fingerprint density at radius 1 is 1.33 bits per heavy atom. The van der Waals surface area contributed by atoms with Crippen LogP contribution in [0, 0.1) is 10.8 Å². The van der Waals surface area contributed by atoms with Crippen molar-refractivity contribution >= 4 is 18.3 Å². The van der Waals surface area contributed by atoms with Crippen LogP contribution in [0.2, 0.25) is 0 Å². The summed E-state index contributed by atoms with van der Waals surface area (Å²) < 4.78 is 5.32. The molecule has 0 bridgehead atoms. The second kappa shape index (κ2) is 7.31. The molecule has 0 aromatic carbocycles. The Morgan fingerprint density at radius 2 is 1.89 bits per heavy atom. The Balaban J connectivity index is 0.00000289. The number of carbonyl (C=O) groups excluding carboxylic acids is 1. The van der Waals surface area contributed by atoms with E-state index in [9.17, 15) is 4.79 Å². The summed E-state index contributed by atoms with van der Waals surface area (Å²) in [6.07, 6.45) is 2.12. The second-order valence-corrected chi connectivity index (χ2v) is 6.12. The second-order valence-electron chi connectivity index (χ2n) is 6.12. The molecule has 18 heavy (non-hydrogen) atoms. The van der Waals surface area contributed by atoms with Crippen LogP contribution in [0.15, 0.2) is 0 Å². The summed E-state index contributed by atoms with van der Waals surface area (Å²) in [6.45, 7) is 9.27. The normalized spacial score (nSPS) is 18.9. The van der Waals surface area contributed by atoms with E-state index in [2.05, 4.69) is 10.6 Å². The molecule has 1 amide bonds. The lowest BCUT2D eigenvalue weighted by atomic mass is 9.79. The van der Waals surface area contributed by atoms with E-state index in [0.717, 1.165) is 39.1 Å². The Labute approximate surface area is 117 Å². The van der Waals surface area contributed by atoms with E-state index in [1.54, 1.807) is 7.11 Å². The number of rotatable bonds is 4. The highest BCUT2D eigenvalue weighted by atomic mass is 35.5. The zero-order chi connectivity index (χ0) is 12.9. The zero-order valence-electron chi connectivity index (χ0n) is 12.0. The molecule has 1 saturated heterocycles. The Kier molecular flexibility index (Phi) is 7.18. The first-order valence-corrected chi connectivity index (χ1v) is 6.38. The fourth-order valence-electron chi connectivity index (χ4n) is 2.17. The molecular formula is C13H27ClN2O2. The van der Waals surface area contributed by atoms with Crippen LogP contribution < -0.4 is 10.6 Å². The van der Waals surface area contributed by atoms with Crippen molar-refractivity contribution in [2.24, 2.45) is 10.8 Å². The van der Waals surface area contributed by atoms with Crippen LogP contribution in [0.1, 0.15) is 33.6 Å². The van der Waals surface area contributed by atoms with Gasteiger partial charge in [0.15, 0.2) is 0 Å². The van der Waals surface area contributed by atoms with Crippen LogP contribution in [0.25, 0.3) is 0 Å². The van der Waals surface area contributed by atoms with Crippen LogP contribution in [-0.4, -0.2) is 39.3 Å². The molecule has 0 radical (unpaired) electrons. The van der Waals surface area contributed by atoms with Gasteiger partial charge in [-0.3, -0.25) is 4.79 Å². The van der Waals surface area contributed by atoms with Gasteiger partial charge in [0.05, 0.1) is 6.61 Å². The van der Waals surface area contributed by atoms with Gasteiger partial charge in [0.1, 0.15) is 0 Å². The Morgan fingerprint density at radius 3 is 2.33 bits per heavy atom. The van der Waals surface area contributed by atoms with Gasteiger partial charge in [0, 0.05) is 24.5 Å². The first-order chi connectivity index (χ1) is 7.90. The van der Waals surface area contributed by atoms with Crippen LogP contribution in [0.4, 0.5) is 0 Å². The maximum absolute atomic E-state index is 11.9. The molecule has 0 atom stereocenters. The Bertz CT molecular complexity index is 253. The van der Waals surface area contributed by atoms with Gasteiger partial charge < -0.3 is 15.4 Å². The van der Waals surface area contributed by atoms with Gasteiger partial charge in [0.2, 0.25) is 5.91 Å². The summed E-state index contributed by atoms with van der Waals surface area (Å²) in [6, 6.07) is 0. The topological polar surface area (TPSA) is 50.4 Å². The maximum atomic E-state index is 11.9. The van der Waals surface area contributed by atoms with Gasteiger partial charge in [0.25, 0.3) is 0 Å². The third-order valence-electron chi connectivity index (χ3n) is 3.42. The quantitative estimate of drug-likeness (QED) is 0.821. The molecule has 0 spiro atoms. The molecule has 108 valence electrons. The zero-order valence-corrected chi connectivity index (χ0v) is 12.8. The predicted molar refractivity (Wildman–Crippen MR) is 76.1 cm³/mol. The standard InChI is InChI=1S/C13H26N2O2.ClH/c1-12(2,3)11(16)15-9-13(10-17-4)5-7-14-8-6-13;/h14H,5-10H2,1-4H3,(H,15,16);1H. The van der Waals surface area contributed by atoms with Gasteiger partial charge in [-0.05, 0) is 25.9 Å². The number of halogens is 1. The van der Waals surface area contributed by atoms with Gasteiger partial charge in [-0.1, -0.05) is 20.8 Å². The smallest absolute Gasteiger partial charge is 0.225 e. The van der Waals surface area contributed by atoms with E-state index in [1.165, 1.54) is 0 Å². The van der Waals surface area contributed by atoms with E-state index in [4.69, 9.17) is 4.74 Å². The van der Waals surface area contributed by atoms with Gasteiger partial charge >= 0.3 is 0 Å². The maximum Gasteiger partial charge on any atom is 0.225 e.